The van der Waals surface area contributed by atoms with E-state index in [9.17, 15) is 4.79 Å². The molecule has 0 fully saturated rings. The summed E-state index contributed by atoms with van der Waals surface area (Å²) in [7, 11) is 0. The first-order chi connectivity index (χ1) is 9.99. The Balaban J connectivity index is 2.09. The SMILES string of the molecule is CCC(=O)c1cc2cc(O[C@H](C)CNC(C)C)ccc2o1. The van der Waals surface area contributed by atoms with E-state index in [0.29, 0.717) is 23.8 Å². The highest BCUT2D eigenvalue weighted by Crippen LogP contribution is 2.25. The van der Waals surface area contributed by atoms with Gasteiger partial charge in [-0.15, -0.1) is 0 Å². The van der Waals surface area contributed by atoms with Crippen LogP contribution in [0, 0.1) is 0 Å². The van der Waals surface area contributed by atoms with E-state index in [4.69, 9.17) is 9.15 Å². The van der Waals surface area contributed by atoms with E-state index in [1.54, 1.807) is 6.07 Å². The Morgan fingerprint density at radius 2 is 2.05 bits per heavy atom. The molecule has 0 unspecified atom stereocenters. The zero-order chi connectivity index (χ0) is 15.4. The number of hydrogen-bond donors (Lipinski definition) is 1. The van der Waals surface area contributed by atoms with Crippen molar-refractivity contribution in [3.8, 4) is 5.75 Å². The number of benzene rings is 1. The van der Waals surface area contributed by atoms with Crippen molar-refractivity contribution in [2.24, 2.45) is 0 Å². The maximum absolute atomic E-state index is 11.7. The maximum atomic E-state index is 11.7. The van der Waals surface area contributed by atoms with Crippen LogP contribution in [0.4, 0.5) is 0 Å². The van der Waals surface area contributed by atoms with Crippen molar-refractivity contribution < 1.29 is 13.9 Å². The Morgan fingerprint density at radius 1 is 1.29 bits per heavy atom. The van der Waals surface area contributed by atoms with E-state index >= 15 is 0 Å². The third-order valence-corrected chi connectivity index (χ3v) is 3.23. The first kappa shape index (κ1) is 15.6. The van der Waals surface area contributed by atoms with E-state index in [2.05, 4.69) is 19.2 Å². The molecule has 1 aromatic heterocycles. The molecule has 1 aromatic carbocycles. The minimum absolute atomic E-state index is 0.0168. The van der Waals surface area contributed by atoms with Gasteiger partial charge in [-0.25, -0.2) is 0 Å². The fourth-order valence-corrected chi connectivity index (χ4v) is 2.08. The summed E-state index contributed by atoms with van der Waals surface area (Å²) in [5.41, 5.74) is 0.715. The first-order valence-electron chi connectivity index (χ1n) is 7.46. The van der Waals surface area contributed by atoms with Crippen LogP contribution in [0.15, 0.2) is 28.7 Å². The van der Waals surface area contributed by atoms with Gasteiger partial charge >= 0.3 is 0 Å². The second-order valence-corrected chi connectivity index (χ2v) is 5.58. The molecule has 0 radical (unpaired) electrons. The molecule has 0 bridgehead atoms. The highest BCUT2D eigenvalue weighted by Gasteiger charge is 2.12. The van der Waals surface area contributed by atoms with Crippen molar-refractivity contribution >= 4 is 16.8 Å². The van der Waals surface area contributed by atoms with Crippen molar-refractivity contribution in [1.82, 2.24) is 5.32 Å². The average molecular weight is 289 g/mol. The second kappa shape index (κ2) is 6.76. The molecule has 1 atom stereocenters. The van der Waals surface area contributed by atoms with E-state index in [1.807, 2.05) is 32.0 Å². The molecule has 0 saturated carbocycles. The highest BCUT2D eigenvalue weighted by molar-refractivity contribution is 5.97. The van der Waals surface area contributed by atoms with Crippen molar-refractivity contribution in [3.63, 3.8) is 0 Å². The lowest BCUT2D eigenvalue weighted by atomic mass is 10.2. The third kappa shape index (κ3) is 4.08. The summed E-state index contributed by atoms with van der Waals surface area (Å²) in [6, 6.07) is 7.86. The van der Waals surface area contributed by atoms with Gasteiger partial charge in [0, 0.05) is 24.4 Å². The Bertz CT molecular complexity index is 616. The van der Waals surface area contributed by atoms with Gasteiger partial charge in [0.15, 0.2) is 11.5 Å². The highest BCUT2D eigenvalue weighted by atomic mass is 16.5. The summed E-state index contributed by atoms with van der Waals surface area (Å²) in [6.45, 7) is 8.86. The molecule has 0 aliphatic carbocycles. The third-order valence-electron chi connectivity index (χ3n) is 3.23. The summed E-state index contributed by atoms with van der Waals surface area (Å²) in [4.78, 5) is 11.7. The lowest BCUT2D eigenvalue weighted by Gasteiger charge is -2.17. The minimum atomic E-state index is 0.0168. The monoisotopic (exact) mass is 289 g/mol. The first-order valence-corrected chi connectivity index (χ1v) is 7.46. The lowest BCUT2D eigenvalue weighted by molar-refractivity contribution is 0.0963. The van der Waals surface area contributed by atoms with Gasteiger partial charge in [0.1, 0.15) is 17.4 Å². The molecule has 2 aromatic rings. The molecule has 0 aliphatic heterocycles. The van der Waals surface area contributed by atoms with Crippen LogP contribution in [0.5, 0.6) is 5.75 Å². The number of rotatable bonds is 7. The van der Waals surface area contributed by atoms with Gasteiger partial charge in [-0.3, -0.25) is 4.79 Å². The van der Waals surface area contributed by atoms with Crippen LogP contribution >= 0.6 is 0 Å². The summed E-state index contributed by atoms with van der Waals surface area (Å²) in [6.07, 6.45) is 0.523. The molecular formula is C17H23NO3. The fourth-order valence-electron chi connectivity index (χ4n) is 2.08. The minimum Gasteiger partial charge on any atom is -0.489 e. The number of Topliss-reactive ketones (excluding diaryl/α,β-unsaturated/α-hetero) is 1. The van der Waals surface area contributed by atoms with Crippen LogP contribution in [0.3, 0.4) is 0 Å². The smallest absolute Gasteiger partial charge is 0.197 e. The van der Waals surface area contributed by atoms with E-state index in [0.717, 1.165) is 17.7 Å². The van der Waals surface area contributed by atoms with Gasteiger partial charge < -0.3 is 14.5 Å². The Kier molecular flexibility index (Phi) is 5.02. The summed E-state index contributed by atoms with van der Waals surface area (Å²) in [5.74, 6) is 1.22. The predicted octanol–water partition coefficient (Wildman–Crippen LogP) is 3.79. The Morgan fingerprint density at radius 3 is 2.71 bits per heavy atom. The molecule has 1 N–H and O–H groups in total. The van der Waals surface area contributed by atoms with Crippen LogP contribution in [0.25, 0.3) is 11.0 Å². The van der Waals surface area contributed by atoms with Crippen molar-refractivity contribution in [2.75, 3.05) is 6.54 Å². The van der Waals surface area contributed by atoms with E-state index < -0.39 is 0 Å². The molecule has 0 amide bonds. The van der Waals surface area contributed by atoms with Crippen LogP contribution in [-0.4, -0.2) is 24.5 Å². The van der Waals surface area contributed by atoms with E-state index in [1.165, 1.54) is 0 Å². The van der Waals surface area contributed by atoms with Crippen molar-refractivity contribution in [2.45, 2.75) is 46.3 Å². The topological polar surface area (TPSA) is 51.5 Å². The Hall–Kier alpha value is -1.81. The average Bonchev–Trinajstić information content (AvgIpc) is 2.87. The number of furan rings is 1. The number of ether oxygens (including phenoxy) is 1. The molecule has 1 heterocycles. The predicted molar refractivity (Wildman–Crippen MR) is 84.1 cm³/mol. The number of nitrogens with one attached hydrogen (secondary N) is 1. The standard InChI is InChI=1S/C17H23NO3/c1-5-15(19)17-9-13-8-14(6-7-16(13)21-17)20-12(4)10-18-11(2)3/h6-9,11-12,18H,5,10H2,1-4H3/t12-/m1/s1. The van der Waals surface area contributed by atoms with Gasteiger partial charge in [-0.1, -0.05) is 20.8 Å². The zero-order valence-corrected chi connectivity index (χ0v) is 13.1. The Labute approximate surface area is 125 Å². The number of carbonyl (C=O) groups excluding carboxylic acids is 1. The molecule has 0 aliphatic rings. The van der Waals surface area contributed by atoms with Crippen LogP contribution < -0.4 is 10.1 Å². The maximum Gasteiger partial charge on any atom is 0.197 e. The van der Waals surface area contributed by atoms with Crippen molar-refractivity contribution in [1.29, 1.82) is 0 Å². The normalized spacial score (nSPS) is 12.8. The number of fused-ring (bicyclic) bond motifs is 1. The van der Waals surface area contributed by atoms with Crippen LogP contribution in [0.2, 0.25) is 0 Å². The molecular weight excluding hydrogens is 266 g/mol. The molecule has 4 nitrogen and oxygen atoms in total. The van der Waals surface area contributed by atoms with Gasteiger partial charge in [0.05, 0.1) is 0 Å². The second-order valence-electron chi connectivity index (χ2n) is 5.58. The lowest BCUT2D eigenvalue weighted by Crippen LogP contribution is -2.33. The van der Waals surface area contributed by atoms with Gasteiger partial charge in [-0.05, 0) is 31.2 Å². The number of ketones is 1. The largest absolute Gasteiger partial charge is 0.489 e. The van der Waals surface area contributed by atoms with Crippen LogP contribution in [-0.2, 0) is 0 Å². The van der Waals surface area contributed by atoms with E-state index in [-0.39, 0.29) is 11.9 Å². The molecule has 114 valence electrons. The summed E-state index contributed by atoms with van der Waals surface area (Å²) < 4.78 is 11.4. The molecule has 0 spiro atoms. The van der Waals surface area contributed by atoms with Gasteiger partial charge in [0.25, 0.3) is 0 Å². The van der Waals surface area contributed by atoms with Crippen LogP contribution in [0.1, 0.15) is 44.7 Å². The number of carbonyl (C=O) groups is 1. The van der Waals surface area contributed by atoms with Gasteiger partial charge in [0.2, 0.25) is 0 Å². The zero-order valence-electron chi connectivity index (χ0n) is 13.1. The fraction of sp³-hybridized carbons (Fsp3) is 0.471. The molecule has 4 heteroatoms. The van der Waals surface area contributed by atoms with Gasteiger partial charge in [-0.2, -0.15) is 0 Å². The molecule has 0 saturated heterocycles. The summed E-state index contributed by atoms with van der Waals surface area (Å²) in [5, 5.41) is 4.24. The molecule has 2 rings (SSSR count). The number of hydrogen-bond acceptors (Lipinski definition) is 4. The quantitative estimate of drug-likeness (QED) is 0.788. The summed E-state index contributed by atoms with van der Waals surface area (Å²) >= 11 is 0. The molecule has 21 heavy (non-hydrogen) atoms. The van der Waals surface area contributed by atoms with Crippen molar-refractivity contribution in [3.05, 3.63) is 30.0 Å².